The van der Waals surface area contributed by atoms with Crippen LogP contribution in [0.25, 0.3) is 10.9 Å². The molecule has 0 unspecified atom stereocenters. The SMILES string of the molecule is CCc1ccc2[nH]c(=O)c(CN(Cc3ccc(F)cc3)C(=S)NCCCN(CC)CC)cc2c1. The van der Waals surface area contributed by atoms with Crippen LogP contribution in [0.5, 0.6) is 0 Å². The molecule has 7 heteroatoms. The second-order valence-electron chi connectivity index (χ2n) is 8.49. The number of fused-ring (bicyclic) bond motifs is 1. The van der Waals surface area contributed by atoms with Crippen LogP contribution in [0.1, 0.15) is 43.9 Å². The number of nitrogens with zero attached hydrogens (tertiary/aromatic N) is 2. The van der Waals surface area contributed by atoms with Crippen LogP contribution in [0.3, 0.4) is 0 Å². The molecule has 0 saturated heterocycles. The zero-order chi connectivity index (χ0) is 24.5. The lowest BCUT2D eigenvalue weighted by molar-refractivity contribution is 0.299. The van der Waals surface area contributed by atoms with Crippen LogP contribution in [0.4, 0.5) is 4.39 Å². The molecule has 0 spiro atoms. The Labute approximate surface area is 207 Å². The number of halogens is 1. The molecule has 0 aliphatic rings. The zero-order valence-corrected chi connectivity index (χ0v) is 21.2. The molecule has 0 aliphatic heterocycles. The molecular formula is C27H35FN4OS. The summed E-state index contributed by atoms with van der Waals surface area (Å²) in [5.74, 6) is -0.273. The quantitative estimate of drug-likeness (QED) is 0.303. The highest BCUT2D eigenvalue weighted by Crippen LogP contribution is 2.16. The highest BCUT2D eigenvalue weighted by atomic mass is 32.1. The molecule has 1 heterocycles. The van der Waals surface area contributed by atoms with Gasteiger partial charge in [0.1, 0.15) is 5.82 Å². The first-order valence-corrected chi connectivity index (χ1v) is 12.5. The number of hydrogen-bond acceptors (Lipinski definition) is 3. The first kappa shape index (κ1) is 25.8. The summed E-state index contributed by atoms with van der Waals surface area (Å²) in [5.41, 5.74) is 3.51. The fraction of sp³-hybridized carbons (Fsp3) is 0.407. The normalized spacial score (nSPS) is 11.2. The molecule has 0 atom stereocenters. The molecule has 2 N–H and O–H groups in total. The van der Waals surface area contributed by atoms with Gasteiger partial charge in [0.2, 0.25) is 0 Å². The number of nitrogens with one attached hydrogen (secondary N) is 2. The largest absolute Gasteiger partial charge is 0.363 e. The third-order valence-electron chi connectivity index (χ3n) is 6.15. The second kappa shape index (κ2) is 12.6. The van der Waals surface area contributed by atoms with Crippen LogP contribution in [-0.4, -0.2) is 46.1 Å². The van der Waals surface area contributed by atoms with Crippen LogP contribution in [0, 0.1) is 5.82 Å². The van der Waals surface area contributed by atoms with E-state index in [0.29, 0.717) is 23.8 Å². The lowest BCUT2D eigenvalue weighted by Gasteiger charge is -2.26. The van der Waals surface area contributed by atoms with Crippen molar-refractivity contribution in [1.29, 1.82) is 0 Å². The predicted molar refractivity (Wildman–Crippen MR) is 143 cm³/mol. The first-order valence-electron chi connectivity index (χ1n) is 12.1. The number of aromatic amines is 1. The Balaban J connectivity index is 1.78. The Kier molecular flexibility index (Phi) is 9.60. The van der Waals surface area contributed by atoms with Gasteiger partial charge in [0.15, 0.2) is 5.11 Å². The molecule has 0 aliphatic carbocycles. The lowest BCUT2D eigenvalue weighted by Crippen LogP contribution is -2.41. The molecule has 3 aromatic rings. The van der Waals surface area contributed by atoms with Gasteiger partial charge in [0.05, 0.1) is 6.54 Å². The summed E-state index contributed by atoms with van der Waals surface area (Å²) in [7, 11) is 0. The van der Waals surface area contributed by atoms with Crippen LogP contribution in [-0.2, 0) is 19.5 Å². The molecule has 2 aromatic carbocycles. The van der Waals surface area contributed by atoms with Crippen LogP contribution >= 0.6 is 12.2 Å². The van der Waals surface area contributed by atoms with Crippen molar-refractivity contribution in [1.82, 2.24) is 20.1 Å². The Morgan fingerprint density at radius 2 is 1.71 bits per heavy atom. The Morgan fingerprint density at radius 3 is 2.38 bits per heavy atom. The van der Waals surface area contributed by atoms with Crippen molar-refractivity contribution in [3.8, 4) is 0 Å². The third-order valence-corrected chi connectivity index (χ3v) is 6.55. The zero-order valence-electron chi connectivity index (χ0n) is 20.4. The summed E-state index contributed by atoms with van der Waals surface area (Å²) >= 11 is 5.73. The van der Waals surface area contributed by atoms with Gasteiger partial charge in [-0.1, -0.05) is 39.0 Å². The van der Waals surface area contributed by atoms with E-state index in [-0.39, 0.29) is 11.4 Å². The van der Waals surface area contributed by atoms with Crippen molar-refractivity contribution in [2.75, 3.05) is 26.2 Å². The van der Waals surface area contributed by atoms with Crippen LogP contribution in [0.2, 0.25) is 0 Å². The number of pyridine rings is 1. The maximum absolute atomic E-state index is 13.4. The smallest absolute Gasteiger partial charge is 0.253 e. The maximum atomic E-state index is 13.4. The predicted octanol–water partition coefficient (Wildman–Crippen LogP) is 4.84. The standard InChI is InChI=1S/C27H35FN4OS/c1-4-20-10-13-25-22(16-20)17-23(26(33)30-25)19-32(18-21-8-11-24(28)12-9-21)27(34)29-14-7-15-31(5-2)6-3/h8-13,16-17H,4-7,14-15,18-19H2,1-3H3,(H,29,34)(H,30,33). The second-order valence-corrected chi connectivity index (χ2v) is 8.88. The molecule has 182 valence electrons. The summed E-state index contributed by atoms with van der Waals surface area (Å²) in [4.78, 5) is 20.2. The van der Waals surface area contributed by atoms with Crippen molar-refractivity contribution in [3.05, 3.63) is 81.4 Å². The molecule has 3 rings (SSSR count). The molecule has 5 nitrogen and oxygen atoms in total. The Morgan fingerprint density at radius 1 is 1.00 bits per heavy atom. The van der Waals surface area contributed by atoms with Gasteiger partial charge in [0, 0.05) is 24.2 Å². The number of aryl methyl sites for hydroxylation is 1. The van der Waals surface area contributed by atoms with Gasteiger partial charge in [-0.3, -0.25) is 4.79 Å². The van der Waals surface area contributed by atoms with E-state index >= 15 is 0 Å². The average molecular weight is 483 g/mol. The summed E-state index contributed by atoms with van der Waals surface area (Å²) < 4.78 is 13.4. The topological polar surface area (TPSA) is 51.4 Å². The van der Waals surface area contributed by atoms with Crippen LogP contribution in [0.15, 0.2) is 53.3 Å². The Hall–Kier alpha value is -2.77. The van der Waals surface area contributed by atoms with E-state index in [0.717, 1.165) is 55.5 Å². The molecule has 0 bridgehead atoms. The third kappa shape index (κ3) is 7.11. The molecule has 0 fully saturated rings. The maximum Gasteiger partial charge on any atom is 0.253 e. The van der Waals surface area contributed by atoms with Crippen molar-refractivity contribution in [2.45, 2.75) is 46.7 Å². The van der Waals surface area contributed by atoms with E-state index < -0.39 is 0 Å². The van der Waals surface area contributed by atoms with Gasteiger partial charge in [-0.05, 0) is 91.5 Å². The van der Waals surface area contributed by atoms with Gasteiger partial charge in [0.25, 0.3) is 5.56 Å². The van der Waals surface area contributed by atoms with E-state index in [1.54, 1.807) is 12.1 Å². The fourth-order valence-electron chi connectivity index (χ4n) is 4.00. The number of H-pyrrole nitrogens is 1. The van der Waals surface area contributed by atoms with Crippen molar-refractivity contribution < 1.29 is 4.39 Å². The first-order chi connectivity index (χ1) is 16.4. The van der Waals surface area contributed by atoms with Crippen LogP contribution < -0.4 is 10.9 Å². The number of aromatic nitrogens is 1. The average Bonchev–Trinajstić information content (AvgIpc) is 2.85. The lowest BCUT2D eigenvalue weighted by atomic mass is 10.1. The molecule has 34 heavy (non-hydrogen) atoms. The van der Waals surface area contributed by atoms with E-state index in [4.69, 9.17) is 12.2 Å². The minimum Gasteiger partial charge on any atom is -0.363 e. The van der Waals surface area contributed by atoms with Gasteiger partial charge in [-0.15, -0.1) is 0 Å². The van der Waals surface area contributed by atoms with Gasteiger partial charge in [-0.25, -0.2) is 4.39 Å². The summed E-state index contributed by atoms with van der Waals surface area (Å²) in [6.45, 7) is 11.1. The van der Waals surface area contributed by atoms with E-state index in [2.05, 4.69) is 42.0 Å². The molecular weight excluding hydrogens is 447 g/mol. The van der Waals surface area contributed by atoms with E-state index in [9.17, 15) is 9.18 Å². The van der Waals surface area contributed by atoms with E-state index in [1.807, 2.05) is 23.1 Å². The molecule has 0 amide bonds. The summed E-state index contributed by atoms with van der Waals surface area (Å²) in [6, 6.07) is 14.5. The van der Waals surface area contributed by atoms with Crippen molar-refractivity contribution in [2.24, 2.45) is 0 Å². The monoisotopic (exact) mass is 482 g/mol. The number of rotatable bonds is 11. The molecule has 0 radical (unpaired) electrons. The number of thiocarbonyl (C=S) groups is 1. The van der Waals surface area contributed by atoms with Gasteiger partial charge in [-0.2, -0.15) is 0 Å². The van der Waals surface area contributed by atoms with Gasteiger partial charge >= 0.3 is 0 Å². The number of hydrogen-bond donors (Lipinski definition) is 2. The minimum absolute atomic E-state index is 0.120. The van der Waals surface area contributed by atoms with E-state index in [1.165, 1.54) is 17.7 Å². The number of benzene rings is 2. The molecule has 1 aromatic heterocycles. The Bertz CT molecular complexity index is 1140. The molecule has 0 saturated carbocycles. The van der Waals surface area contributed by atoms with Gasteiger partial charge < -0.3 is 20.1 Å². The van der Waals surface area contributed by atoms with Crippen molar-refractivity contribution >= 4 is 28.2 Å². The highest BCUT2D eigenvalue weighted by molar-refractivity contribution is 7.80. The fourth-order valence-corrected chi connectivity index (χ4v) is 4.23. The highest BCUT2D eigenvalue weighted by Gasteiger charge is 2.14. The summed E-state index contributed by atoms with van der Waals surface area (Å²) in [6.07, 6.45) is 1.91. The minimum atomic E-state index is -0.273. The summed E-state index contributed by atoms with van der Waals surface area (Å²) in [5, 5.41) is 4.95. The van der Waals surface area contributed by atoms with Crippen molar-refractivity contribution in [3.63, 3.8) is 0 Å².